The van der Waals surface area contributed by atoms with Gasteiger partial charge < -0.3 is 10.1 Å². The molecule has 3 N–H and O–H groups in total. The van der Waals surface area contributed by atoms with Crippen LogP contribution in [0.2, 0.25) is 0 Å². The first-order valence-electron chi connectivity index (χ1n) is 5.83. The van der Waals surface area contributed by atoms with E-state index in [2.05, 4.69) is 32.7 Å². The van der Waals surface area contributed by atoms with Gasteiger partial charge in [0, 0.05) is 13.2 Å². The average Bonchev–Trinajstić information content (AvgIpc) is 2.88. The summed E-state index contributed by atoms with van der Waals surface area (Å²) in [5.74, 6) is 0. The summed E-state index contributed by atoms with van der Waals surface area (Å²) in [6.07, 6.45) is 1.01. The van der Waals surface area contributed by atoms with Crippen molar-refractivity contribution in [2.75, 3.05) is 30.6 Å². The summed E-state index contributed by atoms with van der Waals surface area (Å²) in [6.45, 7) is 4.13. The molecule has 2 aromatic rings. The van der Waals surface area contributed by atoms with Crippen LogP contribution in [0, 0.1) is 0 Å². The molecule has 1 aromatic carbocycles. The van der Waals surface area contributed by atoms with Crippen LogP contribution in [-0.2, 0) is 4.74 Å². The van der Waals surface area contributed by atoms with Gasteiger partial charge in [-0.25, -0.2) is 4.63 Å². The lowest BCUT2D eigenvalue weighted by atomic mass is 10.2. The minimum Gasteiger partial charge on any atom is -0.381 e. The van der Waals surface area contributed by atoms with Crippen LogP contribution >= 0.6 is 0 Å². The fourth-order valence-corrected chi connectivity index (χ4v) is 1.60. The number of aromatic nitrogens is 2. The Balaban J connectivity index is 2.03. The van der Waals surface area contributed by atoms with Gasteiger partial charge >= 0.3 is 0 Å². The molecule has 0 amide bonds. The van der Waals surface area contributed by atoms with E-state index in [1.54, 1.807) is 12.1 Å². The lowest BCUT2D eigenvalue weighted by molar-refractivity contribution is 0.144. The van der Waals surface area contributed by atoms with Crippen LogP contribution in [0.25, 0.3) is 11.0 Å². The number of nitrogens with zero attached hydrogens (tertiary/aromatic N) is 2. The lowest BCUT2D eigenvalue weighted by Crippen LogP contribution is -2.10. The second-order valence-electron chi connectivity index (χ2n) is 3.77. The highest BCUT2D eigenvalue weighted by atomic mass is 16.6. The maximum atomic E-state index is 8.92. The van der Waals surface area contributed by atoms with Crippen molar-refractivity contribution in [3.05, 3.63) is 12.1 Å². The fourth-order valence-electron chi connectivity index (χ4n) is 1.60. The first-order chi connectivity index (χ1) is 8.86. The van der Waals surface area contributed by atoms with Crippen molar-refractivity contribution in [2.24, 2.45) is 0 Å². The first kappa shape index (κ1) is 12.6. The van der Waals surface area contributed by atoms with Gasteiger partial charge in [-0.15, -0.1) is 0 Å². The zero-order chi connectivity index (χ0) is 12.8. The fraction of sp³-hybridized carbons (Fsp3) is 0.455. The summed E-state index contributed by atoms with van der Waals surface area (Å²) in [5, 5.41) is 19.6. The Morgan fingerprint density at radius 2 is 1.94 bits per heavy atom. The quantitative estimate of drug-likeness (QED) is 0.511. The molecule has 0 aliphatic heterocycles. The molecule has 0 saturated heterocycles. The molecule has 18 heavy (non-hydrogen) atoms. The van der Waals surface area contributed by atoms with Gasteiger partial charge in [-0.3, -0.25) is 10.7 Å². The maximum Gasteiger partial charge on any atom is 0.162 e. The van der Waals surface area contributed by atoms with E-state index in [0.29, 0.717) is 29.9 Å². The third kappa shape index (κ3) is 2.69. The third-order valence-electron chi connectivity index (χ3n) is 2.45. The average molecular weight is 252 g/mol. The lowest BCUT2D eigenvalue weighted by Gasteiger charge is -2.07. The van der Waals surface area contributed by atoms with Gasteiger partial charge in [-0.2, -0.15) is 0 Å². The molecular weight excluding hydrogens is 236 g/mol. The molecule has 1 aromatic heterocycles. The van der Waals surface area contributed by atoms with E-state index in [-0.39, 0.29) is 0 Å². The van der Waals surface area contributed by atoms with Crippen molar-refractivity contribution in [1.29, 1.82) is 0 Å². The van der Waals surface area contributed by atoms with Crippen LogP contribution in [0.5, 0.6) is 0 Å². The number of hydrogen-bond donors (Lipinski definition) is 3. The molecule has 0 aliphatic rings. The molecule has 0 aliphatic carbocycles. The molecule has 2 rings (SSSR count). The zero-order valence-corrected chi connectivity index (χ0v) is 10.1. The van der Waals surface area contributed by atoms with Crippen LogP contribution in [0.4, 0.5) is 11.4 Å². The van der Waals surface area contributed by atoms with Crippen LogP contribution in [0.15, 0.2) is 16.8 Å². The zero-order valence-electron chi connectivity index (χ0n) is 10.1. The van der Waals surface area contributed by atoms with Crippen LogP contribution in [-0.4, -0.2) is 35.3 Å². The van der Waals surface area contributed by atoms with Gasteiger partial charge in [-0.05, 0) is 28.9 Å². The SMILES string of the molecule is CCCOCCNc1ccc(NO)c2nonc12. The summed E-state index contributed by atoms with van der Waals surface area (Å²) in [6, 6.07) is 3.49. The summed E-state index contributed by atoms with van der Waals surface area (Å²) < 4.78 is 10.0. The minimum atomic E-state index is 0.457. The van der Waals surface area contributed by atoms with Crippen LogP contribution < -0.4 is 10.8 Å². The Kier molecular flexibility index (Phi) is 4.32. The van der Waals surface area contributed by atoms with E-state index in [0.717, 1.165) is 18.7 Å². The summed E-state index contributed by atoms with van der Waals surface area (Å²) in [4.78, 5) is 0. The van der Waals surface area contributed by atoms with Crippen LogP contribution in [0.3, 0.4) is 0 Å². The third-order valence-corrected chi connectivity index (χ3v) is 2.45. The Bertz CT molecular complexity index is 500. The molecule has 98 valence electrons. The van der Waals surface area contributed by atoms with Crippen molar-refractivity contribution in [3.63, 3.8) is 0 Å². The van der Waals surface area contributed by atoms with Crippen molar-refractivity contribution in [3.8, 4) is 0 Å². The first-order valence-corrected chi connectivity index (χ1v) is 5.83. The predicted molar refractivity (Wildman–Crippen MR) is 66.8 cm³/mol. The molecule has 7 nitrogen and oxygen atoms in total. The van der Waals surface area contributed by atoms with E-state index < -0.39 is 0 Å². The van der Waals surface area contributed by atoms with Gasteiger partial charge in [0.15, 0.2) is 11.0 Å². The summed E-state index contributed by atoms with van der Waals surface area (Å²) in [5.41, 5.74) is 4.36. The number of fused-ring (bicyclic) bond motifs is 1. The standard InChI is InChI=1S/C11H16N4O3/c1-2-6-17-7-5-12-8-3-4-9(13-16)11-10(8)14-18-15-11/h3-4,12-13,16H,2,5-7H2,1H3. The number of benzene rings is 1. The Labute approximate surface area is 104 Å². The van der Waals surface area contributed by atoms with Crippen molar-refractivity contribution < 1.29 is 14.6 Å². The predicted octanol–water partition coefficient (Wildman–Crippen LogP) is 1.86. The second kappa shape index (κ2) is 6.18. The van der Waals surface area contributed by atoms with Gasteiger partial charge in [0.05, 0.1) is 18.0 Å². The number of nitrogens with one attached hydrogen (secondary N) is 2. The monoisotopic (exact) mass is 252 g/mol. The Morgan fingerprint density at radius 1 is 1.22 bits per heavy atom. The van der Waals surface area contributed by atoms with Crippen molar-refractivity contribution in [2.45, 2.75) is 13.3 Å². The number of hydrogen-bond acceptors (Lipinski definition) is 7. The van der Waals surface area contributed by atoms with Crippen molar-refractivity contribution >= 4 is 22.4 Å². The van der Waals surface area contributed by atoms with Gasteiger partial charge in [0.25, 0.3) is 0 Å². The smallest absolute Gasteiger partial charge is 0.162 e. The van der Waals surface area contributed by atoms with Crippen LogP contribution in [0.1, 0.15) is 13.3 Å². The van der Waals surface area contributed by atoms with E-state index in [4.69, 9.17) is 9.94 Å². The highest BCUT2D eigenvalue weighted by Crippen LogP contribution is 2.26. The summed E-state index contributed by atoms with van der Waals surface area (Å²) >= 11 is 0. The van der Waals surface area contributed by atoms with Gasteiger partial charge in [0.2, 0.25) is 0 Å². The largest absolute Gasteiger partial charge is 0.381 e. The Hall–Kier alpha value is -1.86. The highest BCUT2D eigenvalue weighted by Gasteiger charge is 2.10. The second-order valence-corrected chi connectivity index (χ2v) is 3.77. The topological polar surface area (TPSA) is 92.4 Å². The highest BCUT2D eigenvalue weighted by molar-refractivity contribution is 5.95. The molecule has 0 bridgehead atoms. The Morgan fingerprint density at radius 3 is 2.67 bits per heavy atom. The van der Waals surface area contributed by atoms with E-state index in [1.807, 2.05) is 0 Å². The van der Waals surface area contributed by atoms with E-state index in [9.17, 15) is 0 Å². The van der Waals surface area contributed by atoms with Gasteiger partial charge in [0.1, 0.15) is 0 Å². The molecule has 0 spiro atoms. The molecular formula is C11H16N4O3. The number of anilines is 2. The number of ether oxygens (including phenoxy) is 1. The van der Waals surface area contributed by atoms with Gasteiger partial charge in [-0.1, -0.05) is 6.92 Å². The molecule has 0 saturated carbocycles. The maximum absolute atomic E-state index is 8.92. The molecule has 1 heterocycles. The van der Waals surface area contributed by atoms with E-state index >= 15 is 0 Å². The molecule has 0 unspecified atom stereocenters. The minimum absolute atomic E-state index is 0.457. The molecule has 7 heteroatoms. The van der Waals surface area contributed by atoms with E-state index in [1.165, 1.54) is 0 Å². The normalized spacial score (nSPS) is 10.8. The molecule has 0 fully saturated rings. The number of rotatable bonds is 7. The summed E-state index contributed by atoms with van der Waals surface area (Å²) in [7, 11) is 0. The molecule has 0 atom stereocenters. The molecule has 0 radical (unpaired) electrons. The van der Waals surface area contributed by atoms with Crippen molar-refractivity contribution in [1.82, 2.24) is 10.3 Å².